The molecule has 2 rings (SSSR count). The van der Waals surface area contributed by atoms with Crippen molar-refractivity contribution in [1.82, 2.24) is 4.98 Å². The fourth-order valence-corrected chi connectivity index (χ4v) is 2.47. The maximum atomic E-state index is 12.4. The van der Waals surface area contributed by atoms with Crippen LogP contribution >= 0.6 is 15.9 Å². The van der Waals surface area contributed by atoms with Gasteiger partial charge in [-0.25, -0.2) is 9.78 Å². The minimum absolute atomic E-state index is 0.0245. The van der Waals surface area contributed by atoms with Crippen molar-refractivity contribution in [3.8, 4) is 0 Å². The summed E-state index contributed by atoms with van der Waals surface area (Å²) in [6.07, 6.45) is 0. The third-order valence-electron chi connectivity index (χ3n) is 2.87. The summed E-state index contributed by atoms with van der Waals surface area (Å²) in [7, 11) is 1.18. The van der Waals surface area contributed by atoms with Crippen molar-refractivity contribution in [1.29, 1.82) is 0 Å². The molecule has 1 aliphatic carbocycles. The summed E-state index contributed by atoms with van der Waals surface area (Å²) in [4.78, 5) is 40.2. The number of aryl methyl sites for hydroxylation is 1. The Morgan fingerprint density at radius 3 is 2.55 bits per heavy atom. The number of ketones is 2. The van der Waals surface area contributed by atoms with Gasteiger partial charge in [0.15, 0.2) is 5.78 Å². The highest BCUT2D eigenvalue weighted by Crippen LogP contribution is 2.32. The average Bonchev–Trinajstić information content (AvgIpc) is 2.43. The number of fused-ring (bicyclic) bond motifs is 1. The van der Waals surface area contributed by atoms with Gasteiger partial charge in [0, 0.05) is 5.69 Å². The first kappa shape index (κ1) is 14.3. The molecule has 6 heteroatoms. The minimum atomic E-state index is -0.762. The Morgan fingerprint density at radius 2 is 1.95 bits per heavy atom. The lowest BCUT2D eigenvalue weighted by Crippen LogP contribution is -2.24. The van der Waals surface area contributed by atoms with Crippen molar-refractivity contribution in [2.45, 2.75) is 6.92 Å². The standard InChI is InChI=1S/C14H10BrNO4/c1-6-4-5-8-11(16-6)13(18)10(15)9(12(8)17)7(2)14(19)20-3/h4-5H,2H2,1,3H3. The van der Waals surface area contributed by atoms with Crippen LogP contribution in [0.25, 0.3) is 0 Å². The quantitative estimate of drug-likeness (QED) is 0.611. The lowest BCUT2D eigenvalue weighted by atomic mass is 9.89. The lowest BCUT2D eigenvalue weighted by Gasteiger charge is -2.18. The van der Waals surface area contributed by atoms with Crippen LogP contribution in [0, 0.1) is 6.92 Å². The molecule has 0 spiro atoms. The van der Waals surface area contributed by atoms with Crippen LogP contribution in [0.15, 0.2) is 34.3 Å². The number of methoxy groups -OCH3 is 1. The zero-order chi connectivity index (χ0) is 15.0. The molecule has 0 atom stereocenters. The van der Waals surface area contributed by atoms with E-state index in [2.05, 4.69) is 32.2 Å². The molecule has 20 heavy (non-hydrogen) atoms. The van der Waals surface area contributed by atoms with Crippen molar-refractivity contribution in [2.75, 3.05) is 7.11 Å². The topological polar surface area (TPSA) is 73.3 Å². The second-order valence-corrected chi connectivity index (χ2v) is 4.96. The second-order valence-electron chi connectivity index (χ2n) is 4.17. The van der Waals surface area contributed by atoms with E-state index in [1.807, 2.05) is 0 Å². The van der Waals surface area contributed by atoms with Gasteiger partial charge in [0.1, 0.15) is 5.69 Å². The first-order valence-corrected chi connectivity index (χ1v) is 6.42. The van der Waals surface area contributed by atoms with Crippen LogP contribution < -0.4 is 0 Å². The van der Waals surface area contributed by atoms with Crippen LogP contribution in [0.2, 0.25) is 0 Å². The fourth-order valence-electron chi connectivity index (χ4n) is 1.86. The molecule has 0 unspecified atom stereocenters. The number of hydrogen-bond donors (Lipinski definition) is 0. The maximum absolute atomic E-state index is 12.4. The first-order chi connectivity index (χ1) is 9.38. The third kappa shape index (κ3) is 2.12. The van der Waals surface area contributed by atoms with Crippen molar-refractivity contribution in [3.05, 3.63) is 51.3 Å². The van der Waals surface area contributed by atoms with E-state index in [1.165, 1.54) is 13.2 Å². The largest absolute Gasteiger partial charge is 0.465 e. The van der Waals surface area contributed by atoms with E-state index in [9.17, 15) is 14.4 Å². The molecule has 1 aromatic heterocycles. The van der Waals surface area contributed by atoms with Crippen molar-refractivity contribution in [2.24, 2.45) is 0 Å². The number of Topliss-reactive ketones (excluding diaryl/α,β-unsaturated/α-hetero) is 2. The third-order valence-corrected chi connectivity index (χ3v) is 3.63. The van der Waals surface area contributed by atoms with Gasteiger partial charge in [0.05, 0.1) is 28.3 Å². The number of allylic oxidation sites excluding steroid dienone is 1. The van der Waals surface area contributed by atoms with Gasteiger partial charge in [-0.1, -0.05) is 6.58 Å². The molecular weight excluding hydrogens is 326 g/mol. The summed E-state index contributed by atoms with van der Waals surface area (Å²) in [5.74, 6) is -1.70. The maximum Gasteiger partial charge on any atom is 0.338 e. The van der Waals surface area contributed by atoms with Crippen LogP contribution in [0.3, 0.4) is 0 Å². The van der Waals surface area contributed by atoms with Gasteiger partial charge in [-0.3, -0.25) is 9.59 Å². The van der Waals surface area contributed by atoms with Crippen molar-refractivity contribution < 1.29 is 19.1 Å². The fraction of sp³-hybridized carbons (Fsp3) is 0.143. The minimum Gasteiger partial charge on any atom is -0.465 e. The lowest BCUT2D eigenvalue weighted by molar-refractivity contribution is -0.135. The number of rotatable bonds is 2. The SMILES string of the molecule is C=C(C(=O)OC)C1=C(Br)C(=O)c2nc(C)ccc2C1=O. The van der Waals surface area contributed by atoms with E-state index >= 15 is 0 Å². The van der Waals surface area contributed by atoms with E-state index in [4.69, 9.17) is 0 Å². The summed E-state index contributed by atoms with van der Waals surface area (Å²) in [6.45, 7) is 5.24. The molecule has 0 saturated heterocycles. The van der Waals surface area contributed by atoms with Crippen LogP contribution in [-0.2, 0) is 9.53 Å². The number of pyridine rings is 1. The summed E-state index contributed by atoms with van der Waals surface area (Å²) in [5, 5.41) is 0. The summed E-state index contributed by atoms with van der Waals surface area (Å²) in [6, 6.07) is 3.14. The highest BCUT2D eigenvalue weighted by atomic mass is 79.9. The molecule has 0 fully saturated rings. The number of hydrogen-bond acceptors (Lipinski definition) is 5. The number of halogens is 1. The molecule has 0 aliphatic heterocycles. The number of carbonyl (C=O) groups excluding carboxylic acids is 3. The Kier molecular flexibility index (Phi) is 3.67. The van der Waals surface area contributed by atoms with Crippen molar-refractivity contribution >= 4 is 33.5 Å². The molecule has 0 aromatic carbocycles. The normalized spacial score (nSPS) is 14.2. The monoisotopic (exact) mass is 335 g/mol. The zero-order valence-electron chi connectivity index (χ0n) is 10.8. The Hall–Kier alpha value is -2.08. The predicted molar refractivity (Wildman–Crippen MR) is 74.7 cm³/mol. The highest BCUT2D eigenvalue weighted by molar-refractivity contribution is 9.12. The van der Waals surface area contributed by atoms with E-state index in [0.717, 1.165) is 0 Å². The van der Waals surface area contributed by atoms with Gasteiger partial charge < -0.3 is 4.74 Å². The Bertz CT molecular complexity index is 703. The molecule has 1 heterocycles. The molecule has 102 valence electrons. The van der Waals surface area contributed by atoms with Crippen LogP contribution in [-0.4, -0.2) is 29.6 Å². The van der Waals surface area contributed by atoms with Crippen LogP contribution in [0.1, 0.15) is 26.5 Å². The summed E-state index contributed by atoms with van der Waals surface area (Å²) < 4.78 is 4.51. The molecule has 1 aromatic rings. The summed E-state index contributed by atoms with van der Waals surface area (Å²) >= 11 is 3.05. The van der Waals surface area contributed by atoms with Crippen LogP contribution in [0.4, 0.5) is 0 Å². The molecule has 5 nitrogen and oxygen atoms in total. The number of aromatic nitrogens is 1. The molecule has 1 aliphatic rings. The predicted octanol–water partition coefficient (Wildman–Crippen LogP) is 2.15. The van der Waals surface area contributed by atoms with E-state index in [-0.39, 0.29) is 26.9 Å². The van der Waals surface area contributed by atoms with Crippen LogP contribution in [0.5, 0.6) is 0 Å². The van der Waals surface area contributed by atoms with Gasteiger partial charge in [0.2, 0.25) is 5.78 Å². The van der Waals surface area contributed by atoms with E-state index in [0.29, 0.717) is 5.69 Å². The van der Waals surface area contributed by atoms with Gasteiger partial charge >= 0.3 is 5.97 Å². The average molecular weight is 336 g/mol. The Balaban J connectivity index is 2.63. The second kappa shape index (κ2) is 5.13. The van der Waals surface area contributed by atoms with Gasteiger partial charge in [-0.05, 0) is 35.0 Å². The van der Waals surface area contributed by atoms with E-state index < -0.39 is 17.5 Å². The van der Waals surface area contributed by atoms with E-state index in [1.54, 1.807) is 13.0 Å². The van der Waals surface area contributed by atoms with Gasteiger partial charge in [0.25, 0.3) is 0 Å². The van der Waals surface area contributed by atoms with Gasteiger partial charge in [-0.15, -0.1) is 0 Å². The Morgan fingerprint density at radius 1 is 1.30 bits per heavy atom. The van der Waals surface area contributed by atoms with Crippen molar-refractivity contribution in [3.63, 3.8) is 0 Å². The number of ether oxygens (including phenoxy) is 1. The molecule has 0 amide bonds. The Labute approximate surface area is 123 Å². The number of esters is 1. The molecule has 0 N–H and O–H groups in total. The molecule has 0 bridgehead atoms. The first-order valence-electron chi connectivity index (χ1n) is 5.63. The van der Waals surface area contributed by atoms with Gasteiger partial charge in [-0.2, -0.15) is 0 Å². The summed E-state index contributed by atoms with van der Waals surface area (Å²) in [5.41, 5.74) is 0.608. The highest BCUT2D eigenvalue weighted by Gasteiger charge is 2.35. The smallest absolute Gasteiger partial charge is 0.338 e. The number of nitrogens with zero attached hydrogens (tertiary/aromatic N) is 1. The molecule has 0 saturated carbocycles. The zero-order valence-corrected chi connectivity index (χ0v) is 12.4. The molecular formula is C14H10BrNO4. The number of carbonyl (C=O) groups is 3. The molecule has 0 radical (unpaired) electrons.